The molecular formula is C24H16BrClN2O6S. The second kappa shape index (κ2) is 9.65. The first-order valence-electron chi connectivity index (χ1n) is 10.0. The molecule has 0 spiro atoms. The number of carbonyl (C=O) groups is 3. The Morgan fingerprint density at radius 3 is 2.29 bits per heavy atom. The van der Waals surface area contributed by atoms with Crippen LogP contribution < -0.4 is 14.4 Å². The Labute approximate surface area is 214 Å². The van der Waals surface area contributed by atoms with Crippen LogP contribution in [0.4, 0.5) is 10.5 Å². The first kappa shape index (κ1) is 24.6. The van der Waals surface area contributed by atoms with Gasteiger partial charge in [0.25, 0.3) is 11.8 Å². The van der Waals surface area contributed by atoms with Crippen molar-refractivity contribution in [1.29, 1.82) is 0 Å². The Bertz CT molecular complexity index is 1490. The molecule has 3 aromatic carbocycles. The van der Waals surface area contributed by atoms with Gasteiger partial charge in [-0.05, 0) is 67.6 Å². The molecule has 1 saturated heterocycles. The van der Waals surface area contributed by atoms with Crippen molar-refractivity contribution in [2.75, 3.05) is 4.90 Å². The lowest BCUT2D eigenvalue weighted by Crippen LogP contribution is -2.54. The molecule has 1 fully saturated rings. The van der Waals surface area contributed by atoms with E-state index in [1.807, 2.05) is 6.92 Å². The number of nitrogens with one attached hydrogen (secondary N) is 1. The van der Waals surface area contributed by atoms with E-state index in [9.17, 15) is 22.8 Å². The third-order valence-corrected chi connectivity index (χ3v) is 6.96. The molecule has 0 aromatic heterocycles. The fraction of sp³-hybridized carbons (Fsp3) is 0.0417. The zero-order chi connectivity index (χ0) is 25.3. The molecule has 0 saturated carbocycles. The predicted molar refractivity (Wildman–Crippen MR) is 134 cm³/mol. The van der Waals surface area contributed by atoms with E-state index < -0.39 is 33.5 Å². The molecule has 178 valence electrons. The van der Waals surface area contributed by atoms with Gasteiger partial charge in [0.1, 0.15) is 16.2 Å². The van der Waals surface area contributed by atoms with E-state index in [0.29, 0.717) is 9.50 Å². The zero-order valence-corrected chi connectivity index (χ0v) is 21.1. The van der Waals surface area contributed by atoms with Crippen molar-refractivity contribution in [1.82, 2.24) is 5.32 Å². The number of hydrogen-bond donors (Lipinski definition) is 1. The fourth-order valence-electron chi connectivity index (χ4n) is 3.22. The van der Waals surface area contributed by atoms with E-state index in [4.69, 9.17) is 15.8 Å². The SMILES string of the molecule is Cc1ccc(S(=O)(=O)Oc2ccc(Br)cc2/C=C2\C(=O)NC(=O)N(c3ccc(Cl)cc3)C2=O)cc1. The number of benzene rings is 3. The van der Waals surface area contributed by atoms with E-state index in [2.05, 4.69) is 21.2 Å². The second-order valence-corrected chi connectivity index (χ2v) is 10.4. The van der Waals surface area contributed by atoms with E-state index in [1.54, 1.807) is 18.2 Å². The Kier molecular flexibility index (Phi) is 6.79. The van der Waals surface area contributed by atoms with Crippen molar-refractivity contribution in [3.8, 4) is 5.75 Å². The van der Waals surface area contributed by atoms with Crippen molar-refractivity contribution in [3.05, 3.63) is 92.9 Å². The molecule has 4 amide bonds. The molecule has 0 atom stereocenters. The Morgan fingerprint density at radius 2 is 1.63 bits per heavy atom. The molecule has 11 heteroatoms. The van der Waals surface area contributed by atoms with Crippen LogP contribution in [0.25, 0.3) is 6.08 Å². The van der Waals surface area contributed by atoms with Crippen LogP contribution in [0, 0.1) is 6.92 Å². The molecular weight excluding hydrogens is 560 g/mol. The van der Waals surface area contributed by atoms with Gasteiger partial charge in [-0.25, -0.2) is 9.69 Å². The van der Waals surface area contributed by atoms with Crippen LogP contribution in [0.3, 0.4) is 0 Å². The molecule has 1 aliphatic heterocycles. The summed E-state index contributed by atoms with van der Waals surface area (Å²) in [4.78, 5) is 38.8. The number of nitrogens with zero attached hydrogens (tertiary/aromatic N) is 1. The van der Waals surface area contributed by atoms with Gasteiger partial charge in [-0.1, -0.05) is 45.2 Å². The van der Waals surface area contributed by atoms with Crippen LogP contribution >= 0.6 is 27.5 Å². The highest BCUT2D eigenvalue weighted by Crippen LogP contribution is 2.30. The summed E-state index contributed by atoms with van der Waals surface area (Å²) in [7, 11) is -4.21. The highest BCUT2D eigenvalue weighted by atomic mass is 79.9. The smallest absolute Gasteiger partial charge is 0.339 e. The summed E-state index contributed by atoms with van der Waals surface area (Å²) in [5, 5.41) is 2.51. The van der Waals surface area contributed by atoms with Gasteiger partial charge in [0.05, 0.1) is 5.69 Å². The normalized spacial score (nSPS) is 15.3. The minimum Gasteiger partial charge on any atom is -0.378 e. The average Bonchev–Trinajstić information content (AvgIpc) is 2.79. The van der Waals surface area contributed by atoms with Gasteiger partial charge in [-0.3, -0.25) is 14.9 Å². The van der Waals surface area contributed by atoms with Crippen molar-refractivity contribution in [2.45, 2.75) is 11.8 Å². The van der Waals surface area contributed by atoms with Crippen LogP contribution in [0.1, 0.15) is 11.1 Å². The van der Waals surface area contributed by atoms with Gasteiger partial charge in [0, 0.05) is 15.1 Å². The Balaban J connectivity index is 1.74. The molecule has 4 rings (SSSR count). The Morgan fingerprint density at radius 1 is 0.971 bits per heavy atom. The minimum absolute atomic E-state index is 0.0596. The van der Waals surface area contributed by atoms with Gasteiger partial charge in [-0.15, -0.1) is 0 Å². The summed E-state index contributed by atoms with van der Waals surface area (Å²) in [6, 6.07) is 15.5. The molecule has 3 aromatic rings. The van der Waals surface area contributed by atoms with E-state index in [1.165, 1.54) is 48.5 Å². The van der Waals surface area contributed by atoms with E-state index in [0.717, 1.165) is 16.5 Å². The number of hydrogen-bond acceptors (Lipinski definition) is 6. The van der Waals surface area contributed by atoms with Gasteiger partial charge < -0.3 is 4.18 Å². The lowest BCUT2D eigenvalue weighted by atomic mass is 10.1. The maximum Gasteiger partial charge on any atom is 0.339 e. The van der Waals surface area contributed by atoms with Crippen molar-refractivity contribution >= 4 is 67.3 Å². The standard InChI is InChI=1S/C24H16BrClN2O6S/c1-14-2-9-19(10-3-14)35(32,33)34-21-11-4-16(25)12-15(21)13-20-22(29)27-24(31)28(23(20)30)18-7-5-17(26)6-8-18/h2-13H,1H3,(H,27,29,31)/b20-13+. The number of imide groups is 2. The summed E-state index contributed by atoms with van der Waals surface area (Å²) in [6.45, 7) is 1.82. The van der Waals surface area contributed by atoms with Gasteiger partial charge in [0.15, 0.2) is 0 Å². The number of anilines is 1. The first-order valence-corrected chi connectivity index (χ1v) is 12.6. The number of urea groups is 1. The van der Waals surface area contributed by atoms with Crippen LogP contribution in [0.5, 0.6) is 5.75 Å². The van der Waals surface area contributed by atoms with Crippen LogP contribution in [-0.2, 0) is 19.7 Å². The quantitative estimate of drug-likeness (QED) is 0.265. The predicted octanol–water partition coefficient (Wildman–Crippen LogP) is 4.85. The molecule has 0 bridgehead atoms. The monoisotopic (exact) mass is 574 g/mol. The van der Waals surface area contributed by atoms with Gasteiger partial charge in [0.2, 0.25) is 0 Å². The molecule has 0 radical (unpaired) electrons. The first-order chi connectivity index (χ1) is 16.5. The number of barbiturate groups is 1. The van der Waals surface area contributed by atoms with E-state index >= 15 is 0 Å². The summed E-state index contributed by atoms with van der Waals surface area (Å²) in [6.07, 6.45) is 1.16. The van der Waals surface area contributed by atoms with E-state index in [-0.39, 0.29) is 21.9 Å². The molecule has 1 heterocycles. The molecule has 1 aliphatic rings. The number of amides is 4. The topological polar surface area (TPSA) is 110 Å². The van der Waals surface area contributed by atoms with Crippen molar-refractivity contribution < 1.29 is 27.0 Å². The minimum atomic E-state index is -4.21. The van der Waals surface area contributed by atoms with Gasteiger partial charge in [-0.2, -0.15) is 8.42 Å². The summed E-state index contributed by atoms with van der Waals surface area (Å²) < 4.78 is 31.5. The fourth-order valence-corrected chi connectivity index (χ4v) is 4.68. The maximum atomic E-state index is 13.1. The van der Waals surface area contributed by atoms with Crippen LogP contribution in [0.2, 0.25) is 5.02 Å². The number of aryl methyl sites for hydroxylation is 1. The lowest BCUT2D eigenvalue weighted by molar-refractivity contribution is -0.122. The number of carbonyl (C=O) groups excluding carboxylic acids is 3. The summed E-state index contributed by atoms with van der Waals surface area (Å²) in [5.41, 5.74) is 0.803. The lowest BCUT2D eigenvalue weighted by Gasteiger charge is -2.26. The molecule has 1 N–H and O–H groups in total. The average molecular weight is 576 g/mol. The number of halogens is 2. The largest absolute Gasteiger partial charge is 0.378 e. The van der Waals surface area contributed by atoms with Crippen LogP contribution in [0.15, 0.2) is 81.7 Å². The highest BCUT2D eigenvalue weighted by Gasteiger charge is 2.37. The van der Waals surface area contributed by atoms with Crippen molar-refractivity contribution in [2.24, 2.45) is 0 Å². The molecule has 35 heavy (non-hydrogen) atoms. The van der Waals surface area contributed by atoms with Crippen LogP contribution in [-0.4, -0.2) is 26.3 Å². The van der Waals surface area contributed by atoms with Gasteiger partial charge >= 0.3 is 16.1 Å². The summed E-state index contributed by atoms with van der Waals surface area (Å²) >= 11 is 9.17. The third-order valence-electron chi connectivity index (χ3n) is 4.97. The zero-order valence-electron chi connectivity index (χ0n) is 18.0. The third kappa shape index (κ3) is 5.29. The van der Waals surface area contributed by atoms with Crippen molar-refractivity contribution in [3.63, 3.8) is 0 Å². The Hall–Kier alpha value is -3.47. The number of rotatable bonds is 5. The second-order valence-electron chi connectivity index (χ2n) is 7.47. The maximum absolute atomic E-state index is 13.1. The molecule has 8 nitrogen and oxygen atoms in total. The summed E-state index contributed by atoms with van der Waals surface area (Å²) in [5.74, 6) is -1.94. The highest BCUT2D eigenvalue weighted by molar-refractivity contribution is 9.10. The molecule has 0 unspecified atom stereocenters. The molecule has 0 aliphatic carbocycles.